The van der Waals surface area contributed by atoms with Crippen molar-refractivity contribution in [3.05, 3.63) is 29.3 Å². The molecule has 1 N–H and O–H groups in total. The van der Waals surface area contributed by atoms with Crippen LogP contribution >= 0.6 is 11.6 Å². The number of carbonyl (C=O) groups is 2. The molecule has 0 radical (unpaired) electrons. The molecule has 1 aromatic carbocycles. The minimum atomic E-state index is -0.206. The Bertz CT molecular complexity index is 463. The Balaban J connectivity index is 2.48. The lowest BCUT2D eigenvalue weighted by atomic mass is 10.3. The van der Waals surface area contributed by atoms with E-state index in [0.717, 1.165) is 0 Å². The molecule has 0 heterocycles. The monoisotopic (exact) mass is 283 g/mol. The summed E-state index contributed by atoms with van der Waals surface area (Å²) in [6.07, 6.45) is 0. The smallest absolute Gasteiger partial charge is 0.238 e. The Morgan fingerprint density at radius 2 is 1.79 bits per heavy atom. The third-order valence-corrected chi connectivity index (χ3v) is 2.80. The van der Waals surface area contributed by atoms with Crippen molar-refractivity contribution in [2.75, 3.05) is 39.5 Å². The highest BCUT2D eigenvalue weighted by molar-refractivity contribution is 6.33. The minimum Gasteiger partial charge on any atom is -0.348 e. The van der Waals surface area contributed by atoms with Gasteiger partial charge in [-0.05, 0) is 19.2 Å². The van der Waals surface area contributed by atoms with Crippen LogP contribution in [0.1, 0.15) is 0 Å². The first kappa shape index (κ1) is 15.5. The van der Waals surface area contributed by atoms with Gasteiger partial charge in [-0.15, -0.1) is 0 Å². The molecule has 1 aromatic rings. The van der Waals surface area contributed by atoms with Crippen molar-refractivity contribution >= 4 is 29.1 Å². The van der Waals surface area contributed by atoms with E-state index in [2.05, 4.69) is 5.32 Å². The molecule has 5 nitrogen and oxygen atoms in total. The van der Waals surface area contributed by atoms with E-state index in [4.69, 9.17) is 11.6 Å². The normalized spacial score (nSPS) is 10.4. The first-order valence-electron chi connectivity index (χ1n) is 5.83. The zero-order chi connectivity index (χ0) is 14.4. The molecule has 0 aliphatic carbocycles. The number of carbonyl (C=O) groups excluding carboxylic acids is 2. The van der Waals surface area contributed by atoms with E-state index in [-0.39, 0.29) is 24.9 Å². The molecule has 0 aliphatic rings. The van der Waals surface area contributed by atoms with Crippen molar-refractivity contribution in [3.8, 4) is 0 Å². The van der Waals surface area contributed by atoms with Crippen LogP contribution in [0.25, 0.3) is 0 Å². The van der Waals surface area contributed by atoms with E-state index in [9.17, 15) is 9.59 Å². The summed E-state index contributed by atoms with van der Waals surface area (Å²) in [4.78, 5) is 26.4. The van der Waals surface area contributed by atoms with Crippen molar-refractivity contribution in [1.82, 2.24) is 9.80 Å². The predicted octanol–water partition coefficient (Wildman–Crippen LogP) is 1.30. The summed E-state index contributed by atoms with van der Waals surface area (Å²) in [7, 11) is 5.08. The fourth-order valence-electron chi connectivity index (χ4n) is 1.43. The standard InChI is InChI=1S/C13H18ClN3O2/c1-16(2)13(19)9-17(3)8-12(18)15-11-7-5-4-6-10(11)14/h4-7H,8-9H2,1-3H3,(H,15,18). The van der Waals surface area contributed by atoms with Gasteiger partial charge >= 0.3 is 0 Å². The highest BCUT2D eigenvalue weighted by Crippen LogP contribution is 2.20. The van der Waals surface area contributed by atoms with Gasteiger partial charge in [0.25, 0.3) is 0 Å². The number of likely N-dealkylation sites (N-methyl/N-ethyl adjacent to an activating group) is 2. The van der Waals surface area contributed by atoms with Crippen molar-refractivity contribution in [2.24, 2.45) is 0 Å². The zero-order valence-electron chi connectivity index (χ0n) is 11.3. The summed E-state index contributed by atoms with van der Waals surface area (Å²) in [6.45, 7) is 0.327. The molecule has 0 atom stereocenters. The molecule has 0 saturated heterocycles. The molecule has 19 heavy (non-hydrogen) atoms. The van der Waals surface area contributed by atoms with Crippen LogP contribution in [-0.4, -0.2) is 55.8 Å². The summed E-state index contributed by atoms with van der Waals surface area (Å²) in [6, 6.07) is 7.02. The number of nitrogens with one attached hydrogen (secondary N) is 1. The molecule has 0 unspecified atom stereocenters. The Morgan fingerprint density at radius 3 is 2.37 bits per heavy atom. The van der Waals surface area contributed by atoms with E-state index in [0.29, 0.717) is 10.7 Å². The molecule has 0 fully saturated rings. The van der Waals surface area contributed by atoms with Gasteiger partial charge in [0.15, 0.2) is 0 Å². The number of rotatable bonds is 5. The van der Waals surface area contributed by atoms with Gasteiger partial charge in [0.2, 0.25) is 11.8 Å². The number of para-hydroxylation sites is 1. The predicted molar refractivity (Wildman–Crippen MR) is 76.3 cm³/mol. The van der Waals surface area contributed by atoms with Gasteiger partial charge in [-0.1, -0.05) is 23.7 Å². The van der Waals surface area contributed by atoms with E-state index in [1.807, 2.05) is 0 Å². The topological polar surface area (TPSA) is 52.7 Å². The first-order chi connectivity index (χ1) is 8.90. The van der Waals surface area contributed by atoms with Gasteiger partial charge in [-0.25, -0.2) is 0 Å². The lowest BCUT2D eigenvalue weighted by Gasteiger charge is -2.18. The Labute approximate surface area is 118 Å². The molecule has 1 rings (SSSR count). The summed E-state index contributed by atoms with van der Waals surface area (Å²) < 4.78 is 0. The van der Waals surface area contributed by atoms with Crippen LogP contribution < -0.4 is 5.32 Å². The summed E-state index contributed by atoms with van der Waals surface area (Å²) in [5.74, 6) is -0.254. The molecule has 0 saturated carbocycles. The number of amides is 2. The number of halogens is 1. The summed E-state index contributed by atoms with van der Waals surface area (Å²) >= 11 is 5.94. The number of benzene rings is 1. The Hall–Kier alpha value is -1.59. The van der Waals surface area contributed by atoms with E-state index >= 15 is 0 Å². The van der Waals surface area contributed by atoms with Gasteiger partial charge in [-0.2, -0.15) is 0 Å². The van der Waals surface area contributed by atoms with Crippen molar-refractivity contribution in [3.63, 3.8) is 0 Å². The molecule has 0 aliphatic heterocycles. The van der Waals surface area contributed by atoms with Crippen LogP contribution in [0, 0.1) is 0 Å². The minimum absolute atomic E-state index is 0.0481. The van der Waals surface area contributed by atoms with Crippen molar-refractivity contribution in [2.45, 2.75) is 0 Å². The fourth-order valence-corrected chi connectivity index (χ4v) is 1.61. The molecule has 0 bridgehead atoms. The van der Waals surface area contributed by atoms with Gasteiger partial charge in [0.05, 0.1) is 23.8 Å². The highest BCUT2D eigenvalue weighted by atomic mass is 35.5. The molecule has 0 aromatic heterocycles. The van der Waals surface area contributed by atoms with Gasteiger partial charge in [0, 0.05) is 14.1 Å². The Kier molecular flexibility index (Phi) is 5.79. The number of nitrogens with zero attached hydrogens (tertiary/aromatic N) is 2. The SMILES string of the molecule is CN(CC(=O)Nc1ccccc1Cl)CC(=O)N(C)C. The molecule has 0 spiro atoms. The van der Waals surface area contributed by atoms with Crippen LogP contribution in [0.4, 0.5) is 5.69 Å². The van der Waals surface area contributed by atoms with Crippen LogP contribution in [0.3, 0.4) is 0 Å². The fraction of sp³-hybridized carbons (Fsp3) is 0.385. The maximum Gasteiger partial charge on any atom is 0.238 e. The van der Waals surface area contributed by atoms with Crippen molar-refractivity contribution in [1.29, 1.82) is 0 Å². The van der Waals surface area contributed by atoms with E-state index in [1.165, 1.54) is 4.90 Å². The van der Waals surface area contributed by atoms with Crippen LogP contribution in [-0.2, 0) is 9.59 Å². The lowest BCUT2D eigenvalue weighted by Crippen LogP contribution is -2.38. The van der Waals surface area contributed by atoms with Crippen LogP contribution in [0.5, 0.6) is 0 Å². The van der Waals surface area contributed by atoms with Crippen LogP contribution in [0.2, 0.25) is 5.02 Å². The molecule has 104 valence electrons. The summed E-state index contributed by atoms with van der Waals surface area (Å²) in [5.41, 5.74) is 0.571. The second-order valence-electron chi connectivity index (χ2n) is 4.49. The maximum atomic E-state index is 11.8. The molecular formula is C13H18ClN3O2. The third-order valence-electron chi connectivity index (χ3n) is 2.47. The van der Waals surface area contributed by atoms with Crippen molar-refractivity contribution < 1.29 is 9.59 Å². The van der Waals surface area contributed by atoms with Gasteiger partial charge < -0.3 is 10.2 Å². The first-order valence-corrected chi connectivity index (χ1v) is 6.21. The quantitative estimate of drug-likeness (QED) is 0.886. The number of hydrogen-bond acceptors (Lipinski definition) is 3. The summed E-state index contributed by atoms with van der Waals surface area (Å²) in [5, 5.41) is 3.19. The average Bonchev–Trinajstić information content (AvgIpc) is 2.31. The van der Waals surface area contributed by atoms with Gasteiger partial charge in [0.1, 0.15) is 0 Å². The molecule has 2 amide bonds. The van der Waals surface area contributed by atoms with Crippen LogP contribution in [0.15, 0.2) is 24.3 Å². The van der Waals surface area contributed by atoms with E-state index in [1.54, 1.807) is 50.3 Å². The second-order valence-corrected chi connectivity index (χ2v) is 4.90. The number of anilines is 1. The maximum absolute atomic E-state index is 11.8. The number of hydrogen-bond donors (Lipinski definition) is 1. The zero-order valence-corrected chi connectivity index (χ0v) is 12.1. The molecule has 6 heteroatoms. The highest BCUT2D eigenvalue weighted by Gasteiger charge is 2.12. The van der Waals surface area contributed by atoms with E-state index < -0.39 is 0 Å². The third kappa shape index (κ3) is 5.28. The second kappa shape index (κ2) is 7.11. The lowest BCUT2D eigenvalue weighted by molar-refractivity contribution is -0.130. The average molecular weight is 284 g/mol. The molecular weight excluding hydrogens is 266 g/mol. The van der Waals surface area contributed by atoms with Gasteiger partial charge in [-0.3, -0.25) is 14.5 Å². The Morgan fingerprint density at radius 1 is 1.16 bits per heavy atom. The largest absolute Gasteiger partial charge is 0.348 e.